The van der Waals surface area contributed by atoms with Gasteiger partial charge in [0.05, 0.1) is 0 Å². The first-order chi connectivity index (χ1) is 10.4. The van der Waals surface area contributed by atoms with Crippen molar-refractivity contribution in [2.75, 3.05) is 0 Å². The highest BCUT2D eigenvalue weighted by Crippen LogP contribution is 2.33. The Balaban J connectivity index is -0.0000000521. The fourth-order valence-electron chi connectivity index (χ4n) is 2.49. The van der Waals surface area contributed by atoms with Gasteiger partial charge in [0.1, 0.15) is 0 Å². The van der Waals surface area contributed by atoms with Gasteiger partial charge in [-0.05, 0) is 17.3 Å². The lowest BCUT2D eigenvalue weighted by Crippen LogP contribution is -2.15. The van der Waals surface area contributed by atoms with Crippen LogP contribution in [0.3, 0.4) is 0 Å². The smallest absolute Gasteiger partial charge is 0.0308 e. The Kier molecular flexibility index (Phi) is 45.9. The zero-order valence-electron chi connectivity index (χ0n) is 18.0. The van der Waals surface area contributed by atoms with Crippen molar-refractivity contribution in [3.05, 3.63) is 0 Å². The van der Waals surface area contributed by atoms with Crippen molar-refractivity contribution < 1.29 is 0 Å². The minimum absolute atomic E-state index is 0. The predicted molar refractivity (Wildman–Crippen MR) is 128 cm³/mol. The molecule has 0 aliphatic heterocycles. The van der Waals surface area contributed by atoms with Crippen molar-refractivity contribution in [1.29, 1.82) is 0 Å². The van der Waals surface area contributed by atoms with E-state index in [0.717, 1.165) is 11.8 Å². The molecule has 0 aromatic carbocycles. The molecule has 0 saturated heterocycles. The van der Waals surface area contributed by atoms with Crippen LogP contribution in [0.1, 0.15) is 149 Å². The van der Waals surface area contributed by atoms with E-state index in [1.165, 1.54) is 57.8 Å². The molecule has 1 atom stereocenters. The Morgan fingerprint density at radius 3 is 0.840 bits per heavy atom. The van der Waals surface area contributed by atoms with Crippen molar-refractivity contribution in [2.24, 2.45) is 17.3 Å². The zero-order chi connectivity index (χ0) is 18.0. The molecule has 0 aromatic heterocycles. The number of rotatable bonds is 9. The van der Waals surface area contributed by atoms with E-state index in [4.69, 9.17) is 0 Å². The van der Waals surface area contributed by atoms with Crippen molar-refractivity contribution in [1.82, 2.24) is 0 Å². The molecule has 0 N–H and O–H groups in total. The van der Waals surface area contributed by atoms with Crippen LogP contribution in [0.25, 0.3) is 0 Å². The van der Waals surface area contributed by atoms with Crippen LogP contribution in [-0.4, -0.2) is 0 Å². The van der Waals surface area contributed by atoms with Gasteiger partial charge in [-0.2, -0.15) is 0 Å². The highest BCUT2D eigenvalue weighted by atomic mass is 14.3. The Labute approximate surface area is 167 Å². The summed E-state index contributed by atoms with van der Waals surface area (Å²) in [5.74, 6) is 1.88. The average molecular weight is 363 g/mol. The summed E-state index contributed by atoms with van der Waals surface area (Å²) in [4.78, 5) is 0. The minimum atomic E-state index is 0. The van der Waals surface area contributed by atoms with Gasteiger partial charge in [0.15, 0.2) is 0 Å². The summed E-state index contributed by atoms with van der Waals surface area (Å²) in [5, 5.41) is 0. The van der Waals surface area contributed by atoms with Crippen LogP contribution in [0.2, 0.25) is 0 Å². The average Bonchev–Trinajstić information content (AvgIpc) is 2.58. The summed E-state index contributed by atoms with van der Waals surface area (Å²) in [6.45, 7) is 22.7. The number of hydrogen-bond donors (Lipinski definition) is 0. The van der Waals surface area contributed by atoms with E-state index in [1.807, 2.05) is 0 Å². The van der Waals surface area contributed by atoms with Crippen molar-refractivity contribution in [2.45, 2.75) is 149 Å². The molecule has 0 heteroatoms. The molecule has 25 heavy (non-hydrogen) atoms. The zero-order valence-corrected chi connectivity index (χ0v) is 18.0. The topological polar surface area (TPSA) is 0 Å². The molecule has 0 aliphatic rings. The van der Waals surface area contributed by atoms with Crippen LogP contribution in [0, 0.1) is 17.3 Å². The van der Waals surface area contributed by atoms with Gasteiger partial charge < -0.3 is 0 Å². The highest BCUT2D eigenvalue weighted by molar-refractivity contribution is 4.72. The van der Waals surface area contributed by atoms with Crippen LogP contribution < -0.4 is 0 Å². The van der Waals surface area contributed by atoms with Crippen molar-refractivity contribution in [3.8, 4) is 0 Å². The standard InChI is InChI=1S/C9H20.C7H16.C6H14.3CH4/c1-5-9(6-2,7-3)8-4;1-4-6-7(3)5-2;1-4-6(3)5-2;;;/h5-8H2,1-4H3;7H,4-6H2,1-3H3;6H,4-5H2,1-3H3;3*1H4. The molecule has 0 aromatic rings. The molecular weight excluding hydrogens is 300 g/mol. The summed E-state index contributed by atoms with van der Waals surface area (Å²) in [5.41, 5.74) is 0.667. The molecule has 0 aliphatic carbocycles. The van der Waals surface area contributed by atoms with Gasteiger partial charge in [-0.15, -0.1) is 0 Å². The van der Waals surface area contributed by atoms with Gasteiger partial charge in [0, 0.05) is 0 Å². The van der Waals surface area contributed by atoms with Crippen LogP contribution in [0.15, 0.2) is 0 Å². The summed E-state index contributed by atoms with van der Waals surface area (Å²) in [7, 11) is 0. The first-order valence-electron chi connectivity index (χ1n) is 10.4. The van der Waals surface area contributed by atoms with E-state index in [2.05, 4.69) is 69.2 Å². The van der Waals surface area contributed by atoms with Crippen LogP contribution in [0.4, 0.5) is 0 Å². The summed E-state index contributed by atoms with van der Waals surface area (Å²) >= 11 is 0. The van der Waals surface area contributed by atoms with Gasteiger partial charge in [-0.25, -0.2) is 0 Å². The van der Waals surface area contributed by atoms with Crippen molar-refractivity contribution in [3.63, 3.8) is 0 Å². The largest absolute Gasteiger partial charge is 0.0776 e. The lowest BCUT2D eigenvalue weighted by atomic mass is 9.78. The predicted octanol–water partition coefficient (Wildman–Crippen LogP) is 10.8. The van der Waals surface area contributed by atoms with E-state index in [-0.39, 0.29) is 22.3 Å². The van der Waals surface area contributed by atoms with Gasteiger partial charge in [0.25, 0.3) is 0 Å². The van der Waals surface area contributed by atoms with Crippen LogP contribution >= 0.6 is 0 Å². The molecule has 0 saturated carbocycles. The Hall–Kier alpha value is 0. The maximum absolute atomic E-state index is 2.31. The molecule has 0 fully saturated rings. The van der Waals surface area contributed by atoms with Crippen LogP contribution in [-0.2, 0) is 0 Å². The fourth-order valence-corrected chi connectivity index (χ4v) is 2.49. The van der Waals surface area contributed by atoms with Crippen molar-refractivity contribution >= 4 is 0 Å². The van der Waals surface area contributed by atoms with E-state index in [0.29, 0.717) is 5.41 Å². The lowest BCUT2D eigenvalue weighted by molar-refractivity contribution is 0.240. The summed E-state index contributed by atoms with van der Waals surface area (Å²) in [6.07, 6.45) is 12.1. The first kappa shape index (κ1) is 39.9. The molecule has 0 spiro atoms. The maximum Gasteiger partial charge on any atom is -0.0308 e. The normalized spacial score (nSPS) is 10.7. The first-order valence-corrected chi connectivity index (χ1v) is 10.4. The second kappa shape index (κ2) is 28.8. The second-order valence-corrected chi connectivity index (χ2v) is 7.14. The summed E-state index contributed by atoms with van der Waals surface area (Å²) < 4.78 is 0. The molecule has 162 valence electrons. The molecule has 0 rings (SSSR count). The minimum Gasteiger partial charge on any atom is -0.0776 e. The van der Waals surface area contributed by atoms with E-state index >= 15 is 0 Å². The second-order valence-electron chi connectivity index (χ2n) is 7.14. The van der Waals surface area contributed by atoms with E-state index in [1.54, 1.807) is 0 Å². The highest BCUT2D eigenvalue weighted by Gasteiger charge is 2.20. The Morgan fingerprint density at radius 2 is 0.800 bits per heavy atom. The lowest BCUT2D eigenvalue weighted by Gasteiger charge is -2.28. The third kappa shape index (κ3) is 26.3. The monoisotopic (exact) mass is 362 g/mol. The fraction of sp³-hybridized carbons (Fsp3) is 1.00. The molecule has 0 amide bonds. The molecular formula is C25H62. The third-order valence-corrected chi connectivity index (χ3v) is 5.87. The quantitative estimate of drug-likeness (QED) is 0.382. The maximum atomic E-state index is 2.31. The number of hydrogen-bond acceptors (Lipinski definition) is 0. The SMILES string of the molecule is C.C.C.CCC(C)CC.CCC(CC)(CC)CC.CCCC(C)CC. The molecule has 0 bridgehead atoms. The van der Waals surface area contributed by atoms with Gasteiger partial charge in [0.2, 0.25) is 0 Å². The third-order valence-electron chi connectivity index (χ3n) is 5.87. The summed E-state index contributed by atoms with van der Waals surface area (Å²) in [6, 6.07) is 0. The molecule has 0 nitrogen and oxygen atoms in total. The molecule has 0 heterocycles. The Bertz CT molecular complexity index is 157. The Morgan fingerprint density at radius 1 is 0.520 bits per heavy atom. The van der Waals surface area contributed by atoms with Gasteiger partial charge >= 0.3 is 0 Å². The van der Waals surface area contributed by atoms with E-state index in [9.17, 15) is 0 Å². The molecule has 0 radical (unpaired) electrons. The van der Waals surface area contributed by atoms with Gasteiger partial charge in [-0.3, -0.25) is 0 Å². The van der Waals surface area contributed by atoms with E-state index < -0.39 is 0 Å². The van der Waals surface area contributed by atoms with Gasteiger partial charge in [-0.1, -0.05) is 149 Å². The van der Waals surface area contributed by atoms with Crippen LogP contribution in [0.5, 0.6) is 0 Å². The molecule has 1 unspecified atom stereocenters.